The summed E-state index contributed by atoms with van der Waals surface area (Å²) in [6.45, 7) is 1.07. The topological polar surface area (TPSA) is 102 Å². The summed E-state index contributed by atoms with van der Waals surface area (Å²) < 4.78 is 90.0. The van der Waals surface area contributed by atoms with Crippen molar-refractivity contribution < 1.29 is 34.7 Å². The average Bonchev–Trinajstić information content (AvgIpc) is 2.43. The van der Waals surface area contributed by atoms with Crippen molar-refractivity contribution in [2.45, 2.75) is 18.2 Å². The van der Waals surface area contributed by atoms with Gasteiger partial charge in [-0.15, -0.1) is 13.2 Å². The minimum absolute atomic E-state index is 0.138. The first kappa shape index (κ1) is 19.7. The van der Waals surface area contributed by atoms with Crippen molar-refractivity contribution in [3.8, 4) is 5.75 Å². The molecule has 0 heterocycles. The maximum absolute atomic E-state index is 12.0. The minimum atomic E-state index is -4.87. The monoisotopic (exact) mass is 376 g/mol. The molecule has 0 radical (unpaired) electrons. The number of sulfonamides is 2. The molecule has 2 N–H and O–H groups in total. The fraction of sp³-hybridized carbons (Fsp3) is 0.455. The van der Waals surface area contributed by atoms with Crippen molar-refractivity contribution in [3.05, 3.63) is 24.3 Å². The van der Waals surface area contributed by atoms with E-state index < -0.39 is 32.2 Å². The molecule has 0 aliphatic heterocycles. The molecule has 7 nitrogen and oxygen atoms in total. The molecule has 1 aromatic carbocycles. The van der Waals surface area contributed by atoms with Crippen molar-refractivity contribution >= 4 is 20.0 Å². The SMILES string of the molecule is CCS(=O)(=O)NCCNS(=O)(=O)c1ccc(OC(F)(F)F)cc1. The normalized spacial score (nSPS) is 13.0. The number of benzene rings is 1. The molecule has 1 aromatic rings. The van der Waals surface area contributed by atoms with Crippen LogP contribution in [0.5, 0.6) is 5.75 Å². The largest absolute Gasteiger partial charge is 0.573 e. The molecule has 0 bridgehead atoms. The van der Waals surface area contributed by atoms with Gasteiger partial charge in [-0.25, -0.2) is 26.3 Å². The van der Waals surface area contributed by atoms with E-state index in [-0.39, 0.29) is 23.7 Å². The van der Waals surface area contributed by atoms with Crippen LogP contribution in [0.1, 0.15) is 6.92 Å². The van der Waals surface area contributed by atoms with E-state index in [0.29, 0.717) is 0 Å². The van der Waals surface area contributed by atoms with Gasteiger partial charge in [-0.3, -0.25) is 0 Å². The van der Waals surface area contributed by atoms with Crippen LogP contribution in [-0.2, 0) is 20.0 Å². The first-order valence-corrected chi connectivity index (χ1v) is 9.41. The van der Waals surface area contributed by atoms with Crippen LogP contribution >= 0.6 is 0 Å². The van der Waals surface area contributed by atoms with Gasteiger partial charge in [0.25, 0.3) is 0 Å². The molecule has 12 heteroatoms. The number of alkyl halides is 3. The predicted octanol–water partition coefficient (Wildman–Crippen LogP) is 0.803. The standard InChI is InChI=1S/C11H15F3N2O5S2/c1-2-22(17,18)15-7-8-16-23(19,20)10-5-3-9(4-6-10)21-11(12,13)14/h3-6,15-16H,2,7-8H2,1H3. The molecule has 0 aromatic heterocycles. The zero-order chi connectivity index (χ0) is 17.7. The van der Waals surface area contributed by atoms with Gasteiger partial charge in [0.15, 0.2) is 0 Å². The highest BCUT2D eigenvalue weighted by Gasteiger charge is 2.31. The fourth-order valence-electron chi connectivity index (χ4n) is 1.40. The molecule has 0 atom stereocenters. The van der Waals surface area contributed by atoms with Gasteiger partial charge < -0.3 is 4.74 Å². The van der Waals surface area contributed by atoms with Crippen LogP contribution in [0.15, 0.2) is 29.2 Å². The molecule has 0 saturated carbocycles. The number of ether oxygens (including phenoxy) is 1. The van der Waals surface area contributed by atoms with Crippen LogP contribution in [0.2, 0.25) is 0 Å². The quantitative estimate of drug-likeness (QED) is 0.654. The molecule has 0 spiro atoms. The van der Waals surface area contributed by atoms with Crippen LogP contribution in [-0.4, -0.2) is 42.0 Å². The minimum Gasteiger partial charge on any atom is -0.406 e. The second-order valence-corrected chi connectivity index (χ2v) is 8.08. The van der Waals surface area contributed by atoms with E-state index in [1.165, 1.54) is 6.92 Å². The number of hydrogen-bond donors (Lipinski definition) is 2. The third-order valence-electron chi connectivity index (χ3n) is 2.49. The maximum atomic E-state index is 12.0. The first-order chi connectivity index (χ1) is 10.5. The lowest BCUT2D eigenvalue weighted by molar-refractivity contribution is -0.274. The smallest absolute Gasteiger partial charge is 0.406 e. The highest BCUT2D eigenvalue weighted by atomic mass is 32.2. The molecular weight excluding hydrogens is 361 g/mol. The Morgan fingerprint density at radius 2 is 1.52 bits per heavy atom. The highest BCUT2D eigenvalue weighted by molar-refractivity contribution is 7.89. The molecule has 23 heavy (non-hydrogen) atoms. The fourth-order valence-corrected chi connectivity index (χ4v) is 3.05. The lowest BCUT2D eigenvalue weighted by Crippen LogP contribution is -2.35. The van der Waals surface area contributed by atoms with E-state index in [1.54, 1.807) is 0 Å². The van der Waals surface area contributed by atoms with E-state index >= 15 is 0 Å². The van der Waals surface area contributed by atoms with E-state index in [9.17, 15) is 30.0 Å². The number of nitrogens with one attached hydrogen (secondary N) is 2. The van der Waals surface area contributed by atoms with Crippen molar-refractivity contribution in [1.29, 1.82) is 0 Å². The van der Waals surface area contributed by atoms with Crippen molar-refractivity contribution in [2.75, 3.05) is 18.8 Å². The predicted molar refractivity (Wildman–Crippen MR) is 75.8 cm³/mol. The molecular formula is C11H15F3N2O5S2. The van der Waals surface area contributed by atoms with E-state index in [0.717, 1.165) is 24.3 Å². The summed E-state index contributed by atoms with van der Waals surface area (Å²) in [5, 5.41) is 0. The average molecular weight is 376 g/mol. The maximum Gasteiger partial charge on any atom is 0.573 e. The second-order valence-electron chi connectivity index (χ2n) is 4.21. The van der Waals surface area contributed by atoms with Crippen LogP contribution in [0.4, 0.5) is 13.2 Å². The summed E-state index contributed by atoms with van der Waals surface area (Å²) in [6.07, 6.45) is -4.87. The lowest BCUT2D eigenvalue weighted by Gasteiger charge is -2.10. The second kappa shape index (κ2) is 7.47. The molecule has 0 aliphatic carbocycles. The zero-order valence-electron chi connectivity index (χ0n) is 11.9. The van der Waals surface area contributed by atoms with Gasteiger partial charge >= 0.3 is 6.36 Å². The molecule has 0 saturated heterocycles. The number of halogens is 3. The van der Waals surface area contributed by atoms with Gasteiger partial charge in [-0.2, -0.15) is 0 Å². The Kier molecular flexibility index (Phi) is 6.39. The molecule has 0 unspecified atom stereocenters. The van der Waals surface area contributed by atoms with Crippen molar-refractivity contribution in [1.82, 2.24) is 9.44 Å². The van der Waals surface area contributed by atoms with E-state index in [2.05, 4.69) is 14.2 Å². The molecule has 0 amide bonds. The van der Waals surface area contributed by atoms with Gasteiger partial charge in [-0.05, 0) is 31.2 Å². The van der Waals surface area contributed by atoms with Gasteiger partial charge in [0.1, 0.15) is 5.75 Å². The van der Waals surface area contributed by atoms with Gasteiger partial charge in [0.05, 0.1) is 10.6 Å². The Bertz CT molecular complexity index is 715. The summed E-state index contributed by atoms with van der Waals surface area (Å²) in [7, 11) is -7.40. The van der Waals surface area contributed by atoms with Gasteiger partial charge in [0, 0.05) is 13.1 Å². The Hall–Kier alpha value is -1.37. The number of rotatable bonds is 8. The summed E-state index contributed by atoms with van der Waals surface area (Å²) in [5.74, 6) is -0.687. The first-order valence-electron chi connectivity index (χ1n) is 6.28. The van der Waals surface area contributed by atoms with Crippen LogP contribution in [0.3, 0.4) is 0 Å². The van der Waals surface area contributed by atoms with Gasteiger partial charge in [0.2, 0.25) is 20.0 Å². The molecule has 132 valence electrons. The lowest BCUT2D eigenvalue weighted by atomic mass is 10.3. The number of hydrogen-bond acceptors (Lipinski definition) is 5. The van der Waals surface area contributed by atoms with E-state index in [4.69, 9.17) is 0 Å². The third kappa shape index (κ3) is 7.16. The van der Waals surface area contributed by atoms with Crippen molar-refractivity contribution in [2.24, 2.45) is 0 Å². The van der Waals surface area contributed by atoms with Crippen LogP contribution < -0.4 is 14.2 Å². The summed E-state index contributed by atoms with van der Waals surface area (Å²) in [4.78, 5) is -0.273. The van der Waals surface area contributed by atoms with Crippen LogP contribution in [0.25, 0.3) is 0 Å². The van der Waals surface area contributed by atoms with Crippen LogP contribution in [0, 0.1) is 0 Å². The summed E-state index contributed by atoms with van der Waals surface area (Å²) in [5.41, 5.74) is 0. The molecule has 0 fully saturated rings. The van der Waals surface area contributed by atoms with Gasteiger partial charge in [-0.1, -0.05) is 0 Å². The van der Waals surface area contributed by atoms with Crippen molar-refractivity contribution in [3.63, 3.8) is 0 Å². The zero-order valence-corrected chi connectivity index (χ0v) is 13.6. The highest BCUT2D eigenvalue weighted by Crippen LogP contribution is 2.23. The Labute approximate surface area is 131 Å². The summed E-state index contributed by atoms with van der Waals surface area (Å²) in [6, 6.07) is 3.61. The third-order valence-corrected chi connectivity index (χ3v) is 5.37. The van der Waals surface area contributed by atoms with E-state index in [1.807, 2.05) is 0 Å². The molecule has 0 aliphatic rings. The Morgan fingerprint density at radius 1 is 1.00 bits per heavy atom. The summed E-state index contributed by atoms with van der Waals surface area (Å²) >= 11 is 0. The Morgan fingerprint density at radius 3 is 2.00 bits per heavy atom. The Balaban J connectivity index is 2.63. The molecule has 1 rings (SSSR count).